The molecule has 2 unspecified atom stereocenters. The second-order valence-corrected chi connectivity index (χ2v) is 6.76. The molecule has 0 bridgehead atoms. The summed E-state index contributed by atoms with van der Waals surface area (Å²) < 4.78 is 5.78. The quantitative estimate of drug-likeness (QED) is 0.488. The van der Waals surface area contributed by atoms with Gasteiger partial charge >= 0.3 is 0 Å². The molecule has 6 nitrogen and oxygen atoms in total. The van der Waals surface area contributed by atoms with Crippen LogP contribution in [-0.4, -0.2) is 40.1 Å². The highest BCUT2D eigenvalue weighted by molar-refractivity contribution is 5.93. The van der Waals surface area contributed by atoms with E-state index in [9.17, 15) is 5.11 Å². The highest BCUT2D eigenvalue weighted by Crippen LogP contribution is 2.28. The van der Waals surface area contributed by atoms with E-state index in [1.807, 2.05) is 38.1 Å². The van der Waals surface area contributed by atoms with Gasteiger partial charge in [0.1, 0.15) is 5.75 Å². The van der Waals surface area contributed by atoms with Crippen molar-refractivity contribution in [1.82, 2.24) is 10.2 Å². The summed E-state index contributed by atoms with van der Waals surface area (Å²) in [5.41, 5.74) is 14.3. The summed E-state index contributed by atoms with van der Waals surface area (Å²) in [7, 11) is 0. The molecule has 0 spiro atoms. The van der Waals surface area contributed by atoms with Crippen LogP contribution in [0.5, 0.6) is 5.75 Å². The van der Waals surface area contributed by atoms with E-state index in [0.29, 0.717) is 6.42 Å². The molecule has 2 atom stereocenters. The van der Waals surface area contributed by atoms with Crippen LogP contribution in [0.3, 0.4) is 0 Å². The number of nitrogens with two attached hydrogens (primary N) is 2. The van der Waals surface area contributed by atoms with Crippen LogP contribution in [0, 0.1) is 0 Å². The fourth-order valence-corrected chi connectivity index (χ4v) is 2.82. The van der Waals surface area contributed by atoms with E-state index in [1.54, 1.807) is 6.08 Å². The molecule has 6 heteroatoms. The van der Waals surface area contributed by atoms with Gasteiger partial charge in [-0.05, 0) is 56.9 Å². The number of nitrogens with zero attached hydrogens (tertiary/aromatic N) is 1. The third-order valence-electron chi connectivity index (χ3n) is 4.14. The molecule has 1 aromatic heterocycles. The van der Waals surface area contributed by atoms with Crippen molar-refractivity contribution in [3.8, 4) is 5.75 Å². The van der Waals surface area contributed by atoms with Crippen LogP contribution < -0.4 is 16.2 Å². The molecule has 0 aliphatic carbocycles. The number of aromatic amines is 1. The zero-order valence-electron chi connectivity index (χ0n) is 15.6. The molecule has 1 heterocycles. The van der Waals surface area contributed by atoms with E-state index in [2.05, 4.69) is 16.8 Å². The van der Waals surface area contributed by atoms with Gasteiger partial charge in [0.2, 0.25) is 0 Å². The number of nitrogens with one attached hydrogen (secondary N) is 1. The first-order valence-electron chi connectivity index (χ1n) is 9.07. The molecule has 0 aliphatic heterocycles. The first-order chi connectivity index (χ1) is 12.4. The second-order valence-electron chi connectivity index (χ2n) is 6.76. The van der Waals surface area contributed by atoms with Gasteiger partial charge in [-0.3, -0.25) is 5.10 Å². The van der Waals surface area contributed by atoms with Crippen molar-refractivity contribution in [3.05, 3.63) is 42.6 Å². The Balaban J connectivity index is 2.19. The van der Waals surface area contributed by atoms with Gasteiger partial charge in [-0.25, -0.2) is 0 Å². The third kappa shape index (κ3) is 5.42. The monoisotopic (exact) mass is 358 g/mol. The van der Waals surface area contributed by atoms with Crippen molar-refractivity contribution in [1.29, 1.82) is 0 Å². The molecule has 6 N–H and O–H groups in total. The summed E-state index contributed by atoms with van der Waals surface area (Å²) in [6, 6.07) is 5.72. The van der Waals surface area contributed by atoms with E-state index in [-0.39, 0.29) is 18.7 Å². The number of allylic oxidation sites excluding steroid dienone is 2. The molecule has 2 rings (SSSR count). The van der Waals surface area contributed by atoms with E-state index in [1.165, 1.54) is 0 Å². The van der Waals surface area contributed by atoms with Crippen molar-refractivity contribution in [2.24, 2.45) is 11.5 Å². The molecule has 0 saturated carbocycles. The van der Waals surface area contributed by atoms with Crippen LogP contribution in [0.25, 0.3) is 16.5 Å². The normalized spacial score (nSPS) is 14.6. The van der Waals surface area contributed by atoms with E-state index < -0.39 is 6.10 Å². The topological polar surface area (TPSA) is 110 Å². The number of rotatable bonds is 10. The van der Waals surface area contributed by atoms with Gasteiger partial charge in [0.05, 0.1) is 23.4 Å². The first kappa shape index (κ1) is 20.2. The number of aliphatic hydroxyl groups excluding tert-OH is 1. The summed E-state index contributed by atoms with van der Waals surface area (Å²) in [5, 5.41) is 18.0. The number of aliphatic hydroxyl groups is 1. The van der Waals surface area contributed by atoms with E-state index in [0.717, 1.165) is 40.8 Å². The second kappa shape index (κ2) is 9.52. The molecule has 0 radical (unpaired) electrons. The Labute approximate surface area is 154 Å². The van der Waals surface area contributed by atoms with Gasteiger partial charge in [-0.15, -0.1) is 0 Å². The van der Waals surface area contributed by atoms with Gasteiger partial charge in [-0.2, -0.15) is 5.10 Å². The fourth-order valence-electron chi connectivity index (χ4n) is 2.82. The number of benzene rings is 1. The molecule has 142 valence electrons. The first-order valence-corrected chi connectivity index (χ1v) is 9.07. The Morgan fingerprint density at radius 2 is 2.15 bits per heavy atom. The molecule has 0 fully saturated rings. The Morgan fingerprint density at radius 1 is 1.38 bits per heavy atom. The zero-order valence-corrected chi connectivity index (χ0v) is 15.6. The zero-order chi connectivity index (χ0) is 19.1. The average Bonchev–Trinajstić information content (AvgIpc) is 3.02. The maximum absolute atomic E-state index is 9.53. The van der Waals surface area contributed by atoms with Crippen molar-refractivity contribution in [3.63, 3.8) is 0 Å². The van der Waals surface area contributed by atoms with Crippen molar-refractivity contribution < 1.29 is 9.84 Å². The minimum atomic E-state index is -0.459. The van der Waals surface area contributed by atoms with Crippen molar-refractivity contribution >= 4 is 16.5 Å². The third-order valence-corrected chi connectivity index (χ3v) is 4.14. The number of aromatic nitrogens is 2. The molecule has 2 aromatic rings. The predicted molar refractivity (Wildman–Crippen MR) is 107 cm³/mol. The van der Waals surface area contributed by atoms with Gasteiger partial charge in [-0.1, -0.05) is 18.7 Å². The molecule has 0 aliphatic rings. The molecule has 1 aromatic carbocycles. The van der Waals surface area contributed by atoms with Gasteiger partial charge in [0, 0.05) is 18.0 Å². The lowest BCUT2D eigenvalue weighted by Gasteiger charge is -2.11. The lowest BCUT2D eigenvalue weighted by molar-refractivity contribution is 0.168. The Hall–Kier alpha value is -2.15. The van der Waals surface area contributed by atoms with Gasteiger partial charge in [0.15, 0.2) is 0 Å². The fraction of sp³-hybridized carbons (Fsp3) is 0.450. The highest BCUT2D eigenvalue weighted by Gasteiger charge is 2.12. The number of hydrogen-bond donors (Lipinski definition) is 4. The van der Waals surface area contributed by atoms with Crippen LogP contribution in [-0.2, 0) is 0 Å². The summed E-state index contributed by atoms with van der Waals surface area (Å²) >= 11 is 0. The summed E-state index contributed by atoms with van der Waals surface area (Å²) in [4.78, 5) is 0. The number of hydrogen-bond acceptors (Lipinski definition) is 5. The summed E-state index contributed by atoms with van der Waals surface area (Å²) in [5.74, 6) is 0.804. The standard InChI is InChI=1S/C20H30N4O2/c1-4-14(10-15(22)6-5-7-16(25)12-21)20-18-11-17(26-13(2)3)8-9-19(18)23-24-20/h4,8-11,13,15-16,25H,1,5-7,12,21-22H2,2-3H3,(H,23,24)/b14-10+. The van der Waals surface area contributed by atoms with Crippen LogP contribution in [0.15, 0.2) is 36.9 Å². The maximum atomic E-state index is 9.53. The predicted octanol–water partition coefficient (Wildman–Crippen LogP) is 2.74. The highest BCUT2D eigenvalue weighted by atomic mass is 16.5. The Kier molecular flexibility index (Phi) is 7.38. The Morgan fingerprint density at radius 3 is 2.81 bits per heavy atom. The van der Waals surface area contributed by atoms with Gasteiger partial charge < -0.3 is 21.3 Å². The molecule has 26 heavy (non-hydrogen) atoms. The molecular formula is C20H30N4O2. The van der Waals surface area contributed by atoms with Crippen LogP contribution in [0.2, 0.25) is 0 Å². The number of ether oxygens (including phenoxy) is 1. The minimum absolute atomic E-state index is 0.106. The summed E-state index contributed by atoms with van der Waals surface area (Å²) in [6.45, 7) is 8.18. The minimum Gasteiger partial charge on any atom is -0.491 e. The van der Waals surface area contributed by atoms with Crippen LogP contribution >= 0.6 is 0 Å². The lowest BCUT2D eigenvalue weighted by Crippen LogP contribution is -2.22. The molecule has 0 saturated heterocycles. The number of fused-ring (bicyclic) bond motifs is 1. The largest absolute Gasteiger partial charge is 0.491 e. The molecule has 0 amide bonds. The average molecular weight is 358 g/mol. The number of H-pyrrole nitrogens is 1. The molecular weight excluding hydrogens is 328 g/mol. The van der Waals surface area contributed by atoms with Crippen LogP contribution in [0.1, 0.15) is 38.8 Å². The summed E-state index contributed by atoms with van der Waals surface area (Å²) in [6.07, 6.45) is 5.61. The maximum Gasteiger partial charge on any atom is 0.120 e. The van der Waals surface area contributed by atoms with Crippen LogP contribution in [0.4, 0.5) is 0 Å². The van der Waals surface area contributed by atoms with Crippen molar-refractivity contribution in [2.45, 2.75) is 51.4 Å². The smallest absolute Gasteiger partial charge is 0.120 e. The van der Waals surface area contributed by atoms with Crippen molar-refractivity contribution in [2.75, 3.05) is 6.54 Å². The van der Waals surface area contributed by atoms with E-state index in [4.69, 9.17) is 16.2 Å². The Bertz CT molecular complexity index is 751. The van der Waals surface area contributed by atoms with Gasteiger partial charge in [0.25, 0.3) is 0 Å². The SMILES string of the molecule is C=C/C(=C\C(N)CCCC(O)CN)c1n[nH]c2ccc(OC(C)C)cc12. The lowest BCUT2D eigenvalue weighted by atomic mass is 10.0. The van der Waals surface area contributed by atoms with E-state index >= 15 is 0 Å².